The van der Waals surface area contributed by atoms with Crippen LogP contribution in [-0.4, -0.2) is 60.4 Å². The second-order valence-corrected chi connectivity index (χ2v) is 7.69. The van der Waals surface area contributed by atoms with E-state index >= 15 is 0 Å². The molecule has 1 aliphatic heterocycles. The molecule has 0 saturated carbocycles. The minimum Gasteiger partial charge on any atom is -0.361 e. The van der Waals surface area contributed by atoms with Crippen LogP contribution < -0.4 is 0 Å². The molecule has 1 N–H and O–H groups in total. The molecule has 1 amide bonds. The summed E-state index contributed by atoms with van der Waals surface area (Å²) in [6, 6.07) is 7.27. The van der Waals surface area contributed by atoms with Crippen molar-refractivity contribution >= 4 is 26.8 Å². The van der Waals surface area contributed by atoms with Crippen LogP contribution in [0.2, 0.25) is 0 Å². The average Bonchev–Trinajstić information content (AvgIpc) is 2.92. The first-order valence-electron chi connectivity index (χ1n) is 7.19. The van der Waals surface area contributed by atoms with Gasteiger partial charge in [-0.2, -0.15) is 4.31 Å². The first-order chi connectivity index (χ1) is 10.4. The minimum absolute atomic E-state index is 0.0527. The number of sulfonamides is 1. The molecule has 22 heavy (non-hydrogen) atoms. The number of rotatable bonds is 2. The third-order valence-corrected chi connectivity index (χ3v) is 5.47. The SMILES string of the molecule is C[C@H]1CN(C(=O)c2ccc3[nH]ccc3c2)CCN1S(C)(=O)=O. The second-order valence-electron chi connectivity index (χ2n) is 5.75. The molecular weight excluding hydrogens is 302 g/mol. The van der Waals surface area contributed by atoms with Crippen LogP contribution in [0.5, 0.6) is 0 Å². The van der Waals surface area contributed by atoms with Gasteiger partial charge in [0.2, 0.25) is 10.0 Å². The molecule has 7 heteroatoms. The summed E-state index contributed by atoms with van der Waals surface area (Å²) in [4.78, 5) is 17.4. The monoisotopic (exact) mass is 321 g/mol. The summed E-state index contributed by atoms with van der Waals surface area (Å²) in [7, 11) is -3.22. The van der Waals surface area contributed by atoms with Gasteiger partial charge >= 0.3 is 0 Å². The van der Waals surface area contributed by atoms with Gasteiger partial charge in [0.25, 0.3) is 5.91 Å². The van der Waals surface area contributed by atoms with E-state index < -0.39 is 10.0 Å². The van der Waals surface area contributed by atoms with E-state index in [1.165, 1.54) is 10.6 Å². The van der Waals surface area contributed by atoms with Crippen molar-refractivity contribution in [3.05, 3.63) is 36.0 Å². The molecule has 6 nitrogen and oxygen atoms in total. The molecule has 0 spiro atoms. The number of carbonyl (C=O) groups excluding carboxylic acids is 1. The number of amides is 1. The molecule has 0 radical (unpaired) electrons. The number of hydrogen-bond donors (Lipinski definition) is 1. The predicted molar refractivity (Wildman–Crippen MR) is 85.2 cm³/mol. The number of nitrogens with zero attached hydrogens (tertiary/aromatic N) is 2. The smallest absolute Gasteiger partial charge is 0.253 e. The van der Waals surface area contributed by atoms with Gasteiger partial charge < -0.3 is 9.88 Å². The lowest BCUT2D eigenvalue weighted by atomic mass is 10.1. The number of piperazine rings is 1. The van der Waals surface area contributed by atoms with Crippen LogP contribution in [-0.2, 0) is 10.0 Å². The van der Waals surface area contributed by atoms with Crippen molar-refractivity contribution in [2.24, 2.45) is 0 Å². The van der Waals surface area contributed by atoms with Crippen LogP contribution in [0.15, 0.2) is 30.5 Å². The van der Waals surface area contributed by atoms with E-state index in [-0.39, 0.29) is 11.9 Å². The Balaban J connectivity index is 1.79. The molecule has 0 unspecified atom stereocenters. The van der Waals surface area contributed by atoms with Crippen LogP contribution in [0.3, 0.4) is 0 Å². The van der Waals surface area contributed by atoms with Gasteiger partial charge in [0.05, 0.1) is 6.26 Å². The van der Waals surface area contributed by atoms with E-state index in [0.717, 1.165) is 10.9 Å². The van der Waals surface area contributed by atoms with Crippen molar-refractivity contribution in [2.75, 3.05) is 25.9 Å². The Labute approximate surface area is 129 Å². The summed E-state index contributed by atoms with van der Waals surface area (Å²) in [5.74, 6) is -0.0527. The number of aromatic nitrogens is 1. The standard InChI is InChI=1S/C15H19N3O3S/c1-11-10-17(7-8-18(11)22(2,20)21)15(19)13-3-4-14-12(9-13)5-6-16-14/h3-6,9,11,16H,7-8,10H2,1-2H3/t11-/m0/s1. The van der Waals surface area contributed by atoms with Crippen LogP contribution in [0.25, 0.3) is 10.9 Å². The number of benzene rings is 1. The second kappa shape index (κ2) is 5.40. The predicted octanol–water partition coefficient (Wildman–Crippen LogP) is 1.27. The lowest BCUT2D eigenvalue weighted by Gasteiger charge is -2.38. The van der Waals surface area contributed by atoms with E-state index in [2.05, 4.69) is 4.98 Å². The average molecular weight is 321 g/mol. The quantitative estimate of drug-likeness (QED) is 0.905. The fraction of sp³-hybridized carbons (Fsp3) is 0.400. The topological polar surface area (TPSA) is 73.5 Å². The Morgan fingerprint density at radius 3 is 2.73 bits per heavy atom. The zero-order chi connectivity index (χ0) is 15.9. The van der Waals surface area contributed by atoms with Crippen molar-refractivity contribution in [1.29, 1.82) is 0 Å². The van der Waals surface area contributed by atoms with Crippen molar-refractivity contribution in [1.82, 2.24) is 14.2 Å². The van der Waals surface area contributed by atoms with Gasteiger partial charge in [-0.25, -0.2) is 8.42 Å². The highest BCUT2D eigenvalue weighted by Crippen LogP contribution is 2.19. The third-order valence-electron chi connectivity index (χ3n) is 4.08. The Bertz CT molecular complexity index is 812. The van der Waals surface area contributed by atoms with Gasteiger partial charge in [-0.15, -0.1) is 0 Å². The molecular formula is C15H19N3O3S. The molecule has 2 heterocycles. The molecule has 0 bridgehead atoms. The maximum absolute atomic E-state index is 12.6. The highest BCUT2D eigenvalue weighted by Gasteiger charge is 2.32. The number of fused-ring (bicyclic) bond motifs is 1. The van der Waals surface area contributed by atoms with E-state index in [1.54, 1.807) is 11.0 Å². The van der Waals surface area contributed by atoms with E-state index in [4.69, 9.17) is 0 Å². The fourth-order valence-corrected chi connectivity index (χ4v) is 4.12. The largest absolute Gasteiger partial charge is 0.361 e. The number of nitrogens with one attached hydrogen (secondary N) is 1. The van der Waals surface area contributed by atoms with Crippen molar-refractivity contribution in [3.8, 4) is 0 Å². The first-order valence-corrected chi connectivity index (χ1v) is 9.04. The number of H-pyrrole nitrogens is 1. The van der Waals surface area contributed by atoms with Gasteiger partial charge in [-0.3, -0.25) is 4.79 Å². The molecule has 1 aromatic carbocycles. The minimum atomic E-state index is -3.22. The Kier molecular flexibility index (Phi) is 3.70. The summed E-state index contributed by atoms with van der Waals surface area (Å²) in [6.45, 7) is 3.01. The Morgan fingerprint density at radius 1 is 1.27 bits per heavy atom. The molecule has 118 valence electrons. The fourth-order valence-electron chi connectivity index (χ4n) is 2.99. The van der Waals surface area contributed by atoms with Crippen LogP contribution in [0, 0.1) is 0 Å². The molecule has 1 saturated heterocycles. The summed E-state index contributed by atoms with van der Waals surface area (Å²) in [6.07, 6.45) is 3.05. The van der Waals surface area contributed by atoms with Gasteiger partial charge in [0.1, 0.15) is 0 Å². The summed E-state index contributed by atoms with van der Waals surface area (Å²) in [5, 5.41) is 0.994. The highest BCUT2D eigenvalue weighted by molar-refractivity contribution is 7.88. The maximum Gasteiger partial charge on any atom is 0.253 e. The highest BCUT2D eigenvalue weighted by atomic mass is 32.2. The molecule has 1 aromatic heterocycles. The zero-order valence-electron chi connectivity index (χ0n) is 12.6. The van der Waals surface area contributed by atoms with Crippen molar-refractivity contribution in [3.63, 3.8) is 0 Å². The van der Waals surface area contributed by atoms with Gasteiger partial charge in [-0.1, -0.05) is 0 Å². The molecule has 1 atom stereocenters. The van der Waals surface area contributed by atoms with E-state index in [1.807, 2.05) is 31.3 Å². The zero-order valence-corrected chi connectivity index (χ0v) is 13.4. The molecule has 1 aliphatic rings. The first kappa shape index (κ1) is 15.1. The van der Waals surface area contributed by atoms with E-state index in [9.17, 15) is 13.2 Å². The van der Waals surface area contributed by atoms with Gasteiger partial charge in [-0.05, 0) is 31.2 Å². The van der Waals surface area contributed by atoms with Crippen molar-refractivity contribution < 1.29 is 13.2 Å². The summed E-state index contributed by atoms with van der Waals surface area (Å²) in [5.41, 5.74) is 1.62. The Hall–Kier alpha value is -1.86. The number of hydrogen-bond acceptors (Lipinski definition) is 3. The van der Waals surface area contributed by atoms with Gasteiger partial charge in [0.15, 0.2) is 0 Å². The molecule has 2 aromatic rings. The van der Waals surface area contributed by atoms with E-state index in [0.29, 0.717) is 25.2 Å². The number of aromatic amines is 1. The van der Waals surface area contributed by atoms with Gasteiger partial charge in [0, 0.05) is 48.3 Å². The maximum atomic E-state index is 12.6. The number of carbonyl (C=O) groups is 1. The normalized spacial score (nSPS) is 20.5. The lowest BCUT2D eigenvalue weighted by Crippen LogP contribution is -2.55. The molecule has 1 fully saturated rings. The molecule has 0 aliphatic carbocycles. The van der Waals surface area contributed by atoms with Crippen LogP contribution in [0.4, 0.5) is 0 Å². The molecule has 3 rings (SSSR count). The van der Waals surface area contributed by atoms with Crippen LogP contribution >= 0.6 is 0 Å². The lowest BCUT2D eigenvalue weighted by molar-refractivity contribution is 0.0643. The summed E-state index contributed by atoms with van der Waals surface area (Å²) >= 11 is 0. The summed E-state index contributed by atoms with van der Waals surface area (Å²) < 4.78 is 24.8. The third kappa shape index (κ3) is 2.74. The van der Waals surface area contributed by atoms with Crippen LogP contribution in [0.1, 0.15) is 17.3 Å². The van der Waals surface area contributed by atoms with Crippen molar-refractivity contribution in [2.45, 2.75) is 13.0 Å². The Morgan fingerprint density at radius 2 is 2.05 bits per heavy atom.